The van der Waals surface area contributed by atoms with E-state index in [0.29, 0.717) is 12.0 Å². The number of hydrogen-bond acceptors (Lipinski definition) is 4. The third kappa shape index (κ3) is 2.01. The first kappa shape index (κ1) is 12.0. The Kier molecular flexibility index (Phi) is 3.07. The van der Waals surface area contributed by atoms with E-state index >= 15 is 0 Å². The van der Waals surface area contributed by atoms with Gasteiger partial charge in [0.1, 0.15) is 5.01 Å². The molecule has 2 unspecified atom stereocenters. The third-order valence-electron chi connectivity index (χ3n) is 3.48. The summed E-state index contributed by atoms with van der Waals surface area (Å²) >= 11 is 1.72. The van der Waals surface area contributed by atoms with Crippen LogP contribution < -0.4 is 5.73 Å². The molecule has 2 atom stereocenters. The molecule has 2 heterocycles. The van der Waals surface area contributed by atoms with Gasteiger partial charge in [0.25, 0.3) is 0 Å². The molecular weight excluding hydrogens is 218 g/mol. The van der Waals surface area contributed by atoms with Crippen LogP contribution in [0.5, 0.6) is 0 Å². The molecular formula is C12H21N3S. The Balaban J connectivity index is 2.23. The predicted octanol–water partition coefficient (Wildman–Crippen LogP) is 2.14. The third-order valence-corrected chi connectivity index (χ3v) is 4.56. The maximum Gasteiger partial charge on any atom is 0.114 e. The molecule has 0 aromatic carbocycles. The van der Waals surface area contributed by atoms with Gasteiger partial charge in [-0.1, -0.05) is 13.8 Å². The highest BCUT2D eigenvalue weighted by molar-refractivity contribution is 7.09. The zero-order valence-corrected chi connectivity index (χ0v) is 11.3. The Morgan fingerprint density at radius 1 is 1.62 bits per heavy atom. The molecule has 90 valence electrons. The lowest BCUT2D eigenvalue weighted by Crippen LogP contribution is -2.39. The minimum absolute atomic E-state index is 0.230. The average molecular weight is 239 g/mol. The van der Waals surface area contributed by atoms with Gasteiger partial charge in [-0.2, -0.15) is 0 Å². The molecule has 1 aromatic heterocycles. The van der Waals surface area contributed by atoms with Gasteiger partial charge in [0.15, 0.2) is 0 Å². The fraction of sp³-hybridized carbons (Fsp3) is 0.750. The number of likely N-dealkylation sites (N-methyl/N-ethyl adjacent to an activating group) is 1. The monoisotopic (exact) mass is 239 g/mol. The minimum atomic E-state index is -0.230. The molecule has 1 aliphatic rings. The summed E-state index contributed by atoms with van der Waals surface area (Å²) in [5.74, 6) is 0.491. The molecule has 0 amide bonds. The van der Waals surface area contributed by atoms with Crippen molar-refractivity contribution in [1.29, 1.82) is 0 Å². The number of likely N-dealkylation sites (tertiary alicyclic amines) is 1. The van der Waals surface area contributed by atoms with E-state index in [0.717, 1.165) is 18.0 Å². The maximum absolute atomic E-state index is 6.48. The summed E-state index contributed by atoms with van der Waals surface area (Å²) in [6.07, 6.45) is 1.01. The van der Waals surface area contributed by atoms with Crippen LogP contribution in [0.15, 0.2) is 5.38 Å². The van der Waals surface area contributed by atoms with Crippen molar-refractivity contribution in [1.82, 2.24) is 9.88 Å². The van der Waals surface area contributed by atoms with Gasteiger partial charge in [0, 0.05) is 18.0 Å². The molecule has 0 aliphatic carbocycles. The zero-order chi connectivity index (χ0) is 11.9. The summed E-state index contributed by atoms with van der Waals surface area (Å²) in [6, 6.07) is 0.552. The Morgan fingerprint density at radius 3 is 2.75 bits per heavy atom. The number of rotatable bonds is 2. The van der Waals surface area contributed by atoms with E-state index in [4.69, 9.17) is 10.7 Å². The van der Waals surface area contributed by atoms with E-state index in [-0.39, 0.29) is 5.54 Å². The van der Waals surface area contributed by atoms with Crippen LogP contribution in [0.3, 0.4) is 0 Å². The summed E-state index contributed by atoms with van der Waals surface area (Å²) in [6.45, 7) is 7.49. The second-order valence-electron chi connectivity index (χ2n) is 5.36. The lowest BCUT2D eigenvalue weighted by Gasteiger charge is -2.20. The quantitative estimate of drug-likeness (QED) is 0.860. The van der Waals surface area contributed by atoms with Crippen molar-refractivity contribution in [3.8, 4) is 0 Å². The van der Waals surface area contributed by atoms with Crippen molar-refractivity contribution in [3.63, 3.8) is 0 Å². The highest BCUT2D eigenvalue weighted by Gasteiger charge is 2.40. The normalized spacial score (nSPS) is 31.5. The molecule has 0 saturated carbocycles. The van der Waals surface area contributed by atoms with Crippen molar-refractivity contribution in [2.75, 3.05) is 13.6 Å². The van der Waals surface area contributed by atoms with Gasteiger partial charge < -0.3 is 10.6 Å². The molecule has 4 heteroatoms. The summed E-state index contributed by atoms with van der Waals surface area (Å²) < 4.78 is 0. The van der Waals surface area contributed by atoms with Crippen LogP contribution in [0.1, 0.15) is 43.8 Å². The second-order valence-corrected chi connectivity index (χ2v) is 6.21. The largest absolute Gasteiger partial charge is 0.318 e. The fourth-order valence-corrected chi connectivity index (χ4v) is 3.38. The number of hydrogen-bond donors (Lipinski definition) is 1. The average Bonchev–Trinajstić information content (AvgIpc) is 2.73. The molecule has 16 heavy (non-hydrogen) atoms. The van der Waals surface area contributed by atoms with Crippen molar-refractivity contribution >= 4 is 11.3 Å². The van der Waals surface area contributed by atoms with Gasteiger partial charge in [-0.15, -0.1) is 11.3 Å². The smallest absolute Gasteiger partial charge is 0.114 e. The Morgan fingerprint density at radius 2 is 2.31 bits per heavy atom. The molecule has 1 aromatic rings. The second kappa shape index (κ2) is 4.09. The van der Waals surface area contributed by atoms with Gasteiger partial charge in [-0.3, -0.25) is 0 Å². The van der Waals surface area contributed by atoms with E-state index in [1.165, 1.54) is 5.69 Å². The number of nitrogens with two attached hydrogens (primary N) is 1. The van der Waals surface area contributed by atoms with Crippen LogP contribution in [0.2, 0.25) is 0 Å². The fourth-order valence-electron chi connectivity index (χ4n) is 2.28. The Bertz CT molecular complexity index is 362. The first-order chi connectivity index (χ1) is 7.42. The van der Waals surface area contributed by atoms with E-state index < -0.39 is 0 Å². The summed E-state index contributed by atoms with van der Waals surface area (Å²) in [5, 5.41) is 3.25. The number of nitrogens with zero attached hydrogens (tertiary/aromatic N) is 2. The number of aromatic nitrogens is 1. The first-order valence-electron chi connectivity index (χ1n) is 5.87. The summed E-state index contributed by atoms with van der Waals surface area (Å²) in [5.41, 5.74) is 7.42. The molecule has 2 rings (SSSR count). The van der Waals surface area contributed by atoms with Gasteiger partial charge >= 0.3 is 0 Å². The van der Waals surface area contributed by atoms with Crippen LogP contribution in [0, 0.1) is 0 Å². The molecule has 0 bridgehead atoms. The van der Waals surface area contributed by atoms with E-state index in [1.807, 2.05) is 0 Å². The van der Waals surface area contributed by atoms with Crippen molar-refractivity contribution < 1.29 is 0 Å². The molecule has 3 nitrogen and oxygen atoms in total. The lowest BCUT2D eigenvalue weighted by molar-refractivity contribution is 0.320. The highest BCUT2D eigenvalue weighted by Crippen LogP contribution is 2.35. The predicted molar refractivity (Wildman–Crippen MR) is 68.8 cm³/mol. The molecule has 1 aliphatic heterocycles. The van der Waals surface area contributed by atoms with Crippen molar-refractivity contribution in [2.24, 2.45) is 5.73 Å². The van der Waals surface area contributed by atoms with E-state index in [9.17, 15) is 0 Å². The molecule has 1 fully saturated rings. The summed E-state index contributed by atoms with van der Waals surface area (Å²) in [7, 11) is 2.14. The number of thiazole rings is 1. The van der Waals surface area contributed by atoms with Crippen LogP contribution in [0.25, 0.3) is 0 Å². The molecule has 2 N–H and O–H groups in total. The highest BCUT2D eigenvalue weighted by atomic mass is 32.1. The van der Waals surface area contributed by atoms with Crippen LogP contribution in [0.4, 0.5) is 0 Å². The van der Waals surface area contributed by atoms with Gasteiger partial charge in [-0.05, 0) is 26.3 Å². The standard InChI is InChI=1S/C12H21N3S/c1-8(2)10-6-16-11(14-10)12(13)5-9(3)15(4)7-12/h6,8-9H,5,7,13H2,1-4H3. The Hall–Kier alpha value is -0.450. The molecule has 0 radical (unpaired) electrons. The van der Waals surface area contributed by atoms with Gasteiger partial charge in [0.05, 0.1) is 11.2 Å². The van der Waals surface area contributed by atoms with Crippen LogP contribution in [-0.4, -0.2) is 29.5 Å². The van der Waals surface area contributed by atoms with Crippen molar-refractivity contribution in [3.05, 3.63) is 16.1 Å². The Labute approximate surface area is 102 Å². The first-order valence-corrected chi connectivity index (χ1v) is 6.75. The minimum Gasteiger partial charge on any atom is -0.318 e. The zero-order valence-electron chi connectivity index (χ0n) is 10.5. The topological polar surface area (TPSA) is 42.1 Å². The lowest BCUT2D eigenvalue weighted by atomic mass is 9.98. The van der Waals surface area contributed by atoms with E-state index in [1.54, 1.807) is 11.3 Å². The molecule has 1 saturated heterocycles. The van der Waals surface area contributed by atoms with Crippen LogP contribution >= 0.6 is 11.3 Å². The van der Waals surface area contributed by atoms with E-state index in [2.05, 4.69) is 38.1 Å². The SMILES string of the molecule is CC(C)c1csc(C2(N)CC(C)N(C)C2)n1. The maximum atomic E-state index is 6.48. The summed E-state index contributed by atoms with van der Waals surface area (Å²) in [4.78, 5) is 7.02. The van der Waals surface area contributed by atoms with Gasteiger partial charge in [0.2, 0.25) is 0 Å². The molecule has 0 spiro atoms. The van der Waals surface area contributed by atoms with Crippen molar-refractivity contribution in [2.45, 2.75) is 44.7 Å². The van der Waals surface area contributed by atoms with Crippen LogP contribution in [-0.2, 0) is 5.54 Å². The van der Waals surface area contributed by atoms with Gasteiger partial charge in [-0.25, -0.2) is 4.98 Å².